The van der Waals surface area contributed by atoms with Gasteiger partial charge in [0.05, 0.1) is 44.7 Å². The van der Waals surface area contributed by atoms with Crippen LogP contribution in [-0.4, -0.2) is 65.2 Å². The van der Waals surface area contributed by atoms with Crippen molar-refractivity contribution in [2.75, 3.05) is 11.0 Å². The third-order valence-electron chi connectivity index (χ3n) is 8.92. The van der Waals surface area contributed by atoms with E-state index in [1.54, 1.807) is 25.2 Å². The number of anilines is 1. The molecule has 19 heteroatoms. The van der Waals surface area contributed by atoms with Crippen LogP contribution >= 0.6 is 11.6 Å². The highest BCUT2D eigenvalue weighted by atomic mass is 35.5. The van der Waals surface area contributed by atoms with Crippen LogP contribution in [0.25, 0.3) is 22.0 Å². The van der Waals surface area contributed by atoms with Crippen LogP contribution < -0.4 is 10.0 Å². The summed E-state index contributed by atoms with van der Waals surface area (Å²) in [6, 6.07) is 7.89. The van der Waals surface area contributed by atoms with Crippen molar-refractivity contribution in [2.45, 2.75) is 61.9 Å². The van der Waals surface area contributed by atoms with Gasteiger partial charge in [-0.25, -0.2) is 26.4 Å². The second-order valence-corrected chi connectivity index (χ2v) is 19.5. The molecular formula is C37H35ClF5N7O4S2. The molecule has 3 heterocycles. The lowest BCUT2D eigenvalue weighted by molar-refractivity contribution is -0.137. The fraction of sp³-hybridized carbons (Fsp3) is 0.324. The Labute approximate surface area is 324 Å². The van der Waals surface area contributed by atoms with Gasteiger partial charge in [-0.2, -0.15) is 23.4 Å². The maximum atomic E-state index is 14.5. The number of carbonyl (C=O) groups is 1. The van der Waals surface area contributed by atoms with Crippen molar-refractivity contribution >= 4 is 59.6 Å². The first-order valence-corrected chi connectivity index (χ1v) is 21.0. The smallest absolute Gasteiger partial charge is 0.346 e. The lowest BCUT2D eigenvalue weighted by Crippen LogP contribution is -2.34. The molecule has 0 saturated heterocycles. The summed E-state index contributed by atoms with van der Waals surface area (Å²) >= 11 is 6.66. The van der Waals surface area contributed by atoms with Crippen molar-refractivity contribution in [1.29, 1.82) is 0 Å². The standard InChI is InChI=1S/C37H35ClF5N7O4S2/c1-36(2,56(53,54)26-7-8-26)13-12-25-6-9-27(28-10-11-29(38)32-34(28)49(3)47-35(32)48-55(4,5)52)33(45-25)30(16-21-14-23(39)17-24(40)15-21)46-31(51)20-50-19-22(18-44-50)37(41,42)43/h6,9-11,14-15,17-19,26,30H,4,7-8,16,20H2,1-3,5H3,(H,46,51)(H,47,48,52)/t30-,55?/m0/s1. The molecule has 2 aromatic carbocycles. The van der Waals surface area contributed by atoms with Gasteiger partial charge in [-0.3, -0.25) is 18.9 Å². The topological polar surface area (TPSA) is 141 Å². The predicted molar refractivity (Wildman–Crippen MR) is 205 cm³/mol. The molecule has 0 aliphatic heterocycles. The number of pyridine rings is 1. The van der Waals surface area contributed by atoms with E-state index in [-0.39, 0.29) is 34.2 Å². The van der Waals surface area contributed by atoms with Crippen LogP contribution in [0.15, 0.2) is 54.9 Å². The molecule has 1 aliphatic rings. The molecule has 1 unspecified atom stereocenters. The van der Waals surface area contributed by atoms with Crippen LogP contribution in [0.2, 0.25) is 5.02 Å². The van der Waals surface area contributed by atoms with Crippen molar-refractivity contribution in [1.82, 2.24) is 29.9 Å². The lowest BCUT2D eigenvalue weighted by Gasteiger charge is -2.23. The number of amides is 1. The number of sulfone groups is 1. The van der Waals surface area contributed by atoms with Crippen molar-refractivity contribution in [3.63, 3.8) is 0 Å². The molecule has 1 fully saturated rings. The Kier molecular flexibility index (Phi) is 10.8. The summed E-state index contributed by atoms with van der Waals surface area (Å²) in [5, 5.41) is 11.0. The third kappa shape index (κ3) is 8.85. The highest BCUT2D eigenvalue weighted by Gasteiger charge is 2.45. The van der Waals surface area contributed by atoms with Crippen LogP contribution in [-0.2, 0) is 50.5 Å². The number of aromatic nitrogens is 5. The second kappa shape index (κ2) is 14.8. The zero-order valence-corrected chi connectivity index (χ0v) is 32.7. The fourth-order valence-corrected chi connectivity index (χ4v) is 8.73. The Morgan fingerprint density at radius 3 is 2.34 bits per heavy atom. The molecule has 5 aromatic rings. The summed E-state index contributed by atoms with van der Waals surface area (Å²) in [6.45, 7) is 2.31. The number of hydrogen-bond acceptors (Lipinski definition) is 7. The first kappa shape index (κ1) is 40.7. The molecule has 3 aromatic heterocycles. The maximum absolute atomic E-state index is 14.5. The summed E-state index contributed by atoms with van der Waals surface area (Å²) in [7, 11) is -4.84. The average Bonchev–Trinajstić information content (AvgIpc) is 3.75. The normalized spacial score (nSPS) is 15.2. The predicted octanol–water partition coefficient (Wildman–Crippen LogP) is 6.26. The summed E-state index contributed by atoms with van der Waals surface area (Å²) in [5.41, 5.74) is 0.371. The quantitative estimate of drug-likeness (QED) is 0.0910. The Bertz CT molecular complexity index is 2640. The summed E-state index contributed by atoms with van der Waals surface area (Å²) in [4.78, 5) is 18.4. The number of halogens is 6. The van der Waals surface area contributed by atoms with Gasteiger partial charge in [-0.05, 0) is 80.8 Å². The molecule has 11 nitrogen and oxygen atoms in total. The van der Waals surface area contributed by atoms with Crippen LogP contribution in [0.3, 0.4) is 0 Å². The first-order valence-electron chi connectivity index (χ1n) is 16.9. The summed E-state index contributed by atoms with van der Waals surface area (Å²) in [5.74, 6) is 6.83. The van der Waals surface area contributed by atoms with E-state index in [9.17, 15) is 39.4 Å². The highest BCUT2D eigenvalue weighted by Crippen LogP contribution is 2.40. The lowest BCUT2D eigenvalue weighted by atomic mass is 9.93. The maximum Gasteiger partial charge on any atom is 0.419 e. The Hall–Kier alpha value is -4.99. The van der Waals surface area contributed by atoms with Gasteiger partial charge in [0.1, 0.15) is 28.6 Å². The molecule has 2 N–H and O–H groups in total. The Morgan fingerprint density at radius 2 is 1.73 bits per heavy atom. The van der Waals surface area contributed by atoms with E-state index in [0.717, 1.165) is 16.8 Å². The van der Waals surface area contributed by atoms with Crippen LogP contribution in [0, 0.1) is 23.5 Å². The number of alkyl halides is 3. The van der Waals surface area contributed by atoms with Gasteiger partial charge in [-0.15, -0.1) is 0 Å². The van der Waals surface area contributed by atoms with E-state index < -0.39 is 71.4 Å². The molecule has 1 saturated carbocycles. The van der Waals surface area contributed by atoms with Crippen molar-refractivity contribution in [2.24, 2.45) is 7.05 Å². The molecule has 56 heavy (non-hydrogen) atoms. The molecular weight excluding hydrogens is 801 g/mol. The van der Waals surface area contributed by atoms with Gasteiger partial charge in [0.2, 0.25) is 5.91 Å². The Balaban J connectivity index is 1.54. The van der Waals surface area contributed by atoms with E-state index in [1.165, 1.54) is 30.9 Å². The van der Waals surface area contributed by atoms with Crippen LogP contribution in [0.5, 0.6) is 0 Å². The number of carbonyl (C=O) groups excluding carboxylic acids is 1. The van der Waals surface area contributed by atoms with Crippen molar-refractivity contribution in [3.8, 4) is 23.0 Å². The fourth-order valence-electron chi connectivity index (χ4n) is 6.15. The molecule has 1 aliphatic carbocycles. The molecule has 0 bridgehead atoms. The average molecular weight is 836 g/mol. The largest absolute Gasteiger partial charge is 0.419 e. The number of rotatable bonds is 11. The number of nitrogens with zero attached hydrogens (tertiary/aromatic N) is 5. The Morgan fingerprint density at radius 1 is 1.07 bits per heavy atom. The monoisotopic (exact) mass is 835 g/mol. The van der Waals surface area contributed by atoms with Gasteiger partial charge >= 0.3 is 6.18 Å². The number of nitrogens with one attached hydrogen (secondary N) is 2. The number of aryl methyl sites for hydroxylation is 1. The van der Waals surface area contributed by atoms with E-state index in [4.69, 9.17) is 16.6 Å². The van der Waals surface area contributed by atoms with Crippen LogP contribution in [0.1, 0.15) is 55.2 Å². The van der Waals surface area contributed by atoms with Gasteiger partial charge < -0.3 is 5.32 Å². The SMILES string of the molecule is C=S(C)(=O)Nc1nn(C)c2c(-c3ccc(C#CC(C)(C)S(=O)(=O)C4CC4)nc3[C@H](Cc3cc(F)cc(F)c3)NC(=O)Cn3cc(C(F)(F)F)cn3)ccc(Cl)c12. The van der Waals surface area contributed by atoms with Crippen molar-refractivity contribution < 1.29 is 39.4 Å². The molecule has 296 valence electrons. The minimum Gasteiger partial charge on any atom is -0.346 e. The zero-order chi connectivity index (χ0) is 41.0. The van der Waals surface area contributed by atoms with E-state index >= 15 is 0 Å². The van der Waals surface area contributed by atoms with E-state index in [2.05, 4.69) is 37.9 Å². The van der Waals surface area contributed by atoms with Gasteiger partial charge in [0, 0.05) is 46.4 Å². The van der Waals surface area contributed by atoms with Gasteiger partial charge in [-0.1, -0.05) is 23.6 Å². The van der Waals surface area contributed by atoms with E-state index in [1.807, 2.05) is 0 Å². The minimum absolute atomic E-state index is 0.0785. The molecule has 6 rings (SSSR count). The molecule has 0 spiro atoms. The van der Waals surface area contributed by atoms with E-state index in [0.29, 0.717) is 53.3 Å². The van der Waals surface area contributed by atoms with Gasteiger partial charge in [0.15, 0.2) is 15.7 Å². The number of fused-ring (bicyclic) bond motifs is 1. The van der Waals surface area contributed by atoms with Crippen LogP contribution in [0.4, 0.5) is 27.8 Å². The first-order chi connectivity index (χ1) is 26.0. The third-order valence-corrected chi connectivity index (χ3v) is 12.7. The number of hydrogen-bond donors (Lipinski definition) is 2. The molecule has 1 amide bonds. The minimum atomic E-state index is -4.71. The van der Waals surface area contributed by atoms with Crippen molar-refractivity contribution in [3.05, 3.63) is 94.0 Å². The summed E-state index contributed by atoms with van der Waals surface area (Å²) in [6.07, 6.45) is -1.31. The highest BCUT2D eigenvalue weighted by molar-refractivity contribution is 8.00. The molecule has 0 radical (unpaired) electrons. The second-order valence-electron chi connectivity index (χ2n) is 14.1. The number of benzene rings is 2. The summed E-state index contributed by atoms with van der Waals surface area (Å²) < 4.78 is 112. The zero-order valence-electron chi connectivity index (χ0n) is 30.3. The molecule has 2 atom stereocenters. The van der Waals surface area contributed by atoms with Gasteiger partial charge in [0.25, 0.3) is 0 Å².